The van der Waals surface area contributed by atoms with E-state index in [1.54, 1.807) is 11.1 Å². The van der Waals surface area contributed by atoms with Gasteiger partial charge < -0.3 is 0 Å². The lowest BCUT2D eigenvalue weighted by Gasteiger charge is -2.36. The van der Waals surface area contributed by atoms with Gasteiger partial charge >= 0.3 is 0 Å². The van der Waals surface area contributed by atoms with Gasteiger partial charge in [0.15, 0.2) is 0 Å². The molecule has 0 saturated heterocycles. The molecule has 0 radical (unpaired) electrons. The van der Waals surface area contributed by atoms with Gasteiger partial charge in [0.1, 0.15) is 0 Å². The summed E-state index contributed by atoms with van der Waals surface area (Å²) in [6.45, 7) is 9.29. The number of aryl methyl sites for hydroxylation is 1. The van der Waals surface area contributed by atoms with Crippen molar-refractivity contribution >= 4 is 0 Å². The van der Waals surface area contributed by atoms with Crippen molar-refractivity contribution in [3.63, 3.8) is 0 Å². The Balaban J connectivity index is 2.58. The molecule has 14 heavy (non-hydrogen) atoms. The normalized spacial score (nSPS) is 24.4. The van der Waals surface area contributed by atoms with E-state index in [2.05, 4.69) is 45.9 Å². The van der Waals surface area contributed by atoms with Crippen LogP contribution in [0.15, 0.2) is 18.2 Å². The van der Waals surface area contributed by atoms with E-state index in [0.717, 1.165) is 5.92 Å². The Labute approximate surface area is 87.3 Å². The fourth-order valence-electron chi connectivity index (χ4n) is 2.55. The van der Waals surface area contributed by atoms with Gasteiger partial charge in [-0.25, -0.2) is 0 Å². The molecule has 1 atom stereocenters. The number of rotatable bonds is 0. The smallest absolute Gasteiger partial charge is 0.0100 e. The Hall–Kier alpha value is -0.780. The largest absolute Gasteiger partial charge is 0.0590 e. The van der Waals surface area contributed by atoms with Crippen LogP contribution in [0.5, 0.6) is 0 Å². The van der Waals surface area contributed by atoms with E-state index in [9.17, 15) is 0 Å². The fraction of sp³-hybridized carbons (Fsp3) is 0.571. The van der Waals surface area contributed by atoms with Gasteiger partial charge in [-0.3, -0.25) is 0 Å². The second-order valence-corrected chi connectivity index (χ2v) is 5.41. The van der Waals surface area contributed by atoms with E-state index >= 15 is 0 Å². The molecule has 76 valence electrons. The molecular weight excluding hydrogens is 168 g/mol. The van der Waals surface area contributed by atoms with Gasteiger partial charge in [-0.2, -0.15) is 0 Å². The molecule has 1 aromatic rings. The molecule has 0 aromatic heterocycles. The van der Waals surface area contributed by atoms with Crippen LogP contribution in [-0.4, -0.2) is 0 Å². The van der Waals surface area contributed by atoms with E-state index in [-0.39, 0.29) is 0 Å². The third-order valence-electron chi connectivity index (χ3n) is 3.67. The van der Waals surface area contributed by atoms with Gasteiger partial charge in [0.05, 0.1) is 0 Å². The van der Waals surface area contributed by atoms with Gasteiger partial charge in [-0.15, -0.1) is 0 Å². The molecule has 0 heteroatoms. The Morgan fingerprint density at radius 2 is 2.00 bits per heavy atom. The predicted octanol–water partition coefficient (Wildman–Crippen LogP) is 4.17. The van der Waals surface area contributed by atoms with Crippen LogP contribution >= 0.6 is 0 Å². The zero-order valence-corrected chi connectivity index (χ0v) is 9.72. The quantitative estimate of drug-likeness (QED) is 0.573. The van der Waals surface area contributed by atoms with Gasteiger partial charge in [-0.05, 0) is 42.2 Å². The van der Waals surface area contributed by atoms with E-state index in [1.807, 2.05) is 0 Å². The maximum Gasteiger partial charge on any atom is -0.0100 e. The molecule has 0 N–H and O–H groups in total. The molecule has 1 aliphatic rings. The molecule has 0 saturated carbocycles. The predicted molar refractivity (Wildman–Crippen MR) is 61.9 cm³/mol. The van der Waals surface area contributed by atoms with Crippen LogP contribution in [0.4, 0.5) is 0 Å². The van der Waals surface area contributed by atoms with Crippen LogP contribution in [-0.2, 0) is 5.41 Å². The number of fused-ring (bicyclic) bond motifs is 1. The van der Waals surface area contributed by atoms with Crippen LogP contribution in [0.3, 0.4) is 0 Å². The van der Waals surface area contributed by atoms with Crippen LogP contribution in [0, 0.1) is 6.92 Å². The lowest BCUT2D eigenvalue weighted by molar-refractivity contribution is 0.402. The van der Waals surface area contributed by atoms with E-state index < -0.39 is 0 Å². The summed E-state index contributed by atoms with van der Waals surface area (Å²) in [5, 5.41) is 0. The first-order valence-corrected chi connectivity index (χ1v) is 5.62. The highest BCUT2D eigenvalue weighted by Gasteiger charge is 2.30. The maximum atomic E-state index is 2.38. The van der Waals surface area contributed by atoms with Gasteiger partial charge in [-0.1, -0.05) is 44.5 Å². The molecule has 1 aromatic carbocycles. The summed E-state index contributed by atoms with van der Waals surface area (Å²) in [7, 11) is 0. The zero-order chi connectivity index (χ0) is 10.3. The van der Waals surface area contributed by atoms with Crippen molar-refractivity contribution in [2.75, 3.05) is 0 Å². The molecule has 0 bridgehead atoms. The van der Waals surface area contributed by atoms with Crippen LogP contribution in [0.1, 0.15) is 56.2 Å². The fourth-order valence-corrected chi connectivity index (χ4v) is 2.55. The zero-order valence-electron chi connectivity index (χ0n) is 9.72. The molecule has 1 aliphatic carbocycles. The first kappa shape index (κ1) is 9.76. The van der Waals surface area contributed by atoms with Gasteiger partial charge in [0.25, 0.3) is 0 Å². The number of benzene rings is 1. The molecule has 0 nitrogen and oxygen atoms in total. The highest BCUT2D eigenvalue weighted by atomic mass is 14.3. The van der Waals surface area contributed by atoms with E-state index in [0.29, 0.717) is 5.41 Å². The third kappa shape index (κ3) is 1.47. The minimum atomic E-state index is 0.383. The Morgan fingerprint density at radius 1 is 1.29 bits per heavy atom. The summed E-state index contributed by atoms with van der Waals surface area (Å²) in [6.07, 6.45) is 2.66. The molecule has 0 aliphatic heterocycles. The lowest BCUT2D eigenvalue weighted by atomic mass is 9.69. The van der Waals surface area contributed by atoms with Crippen molar-refractivity contribution in [3.8, 4) is 0 Å². The Morgan fingerprint density at radius 3 is 2.71 bits per heavy atom. The van der Waals surface area contributed by atoms with Gasteiger partial charge in [0, 0.05) is 0 Å². The second kappa shape index (κ2) is 3.12. The summed E-state index contributed by atoms with van der Waals surface area (Å²) in [6, 6.07) is 6.96. The minimum absolute atomic E-state index is 0.383. The standard InChI is InChI=1S/C14H20/c1-10-5-6-12-11(2)7-8-14(3,4)13(12)9-10/h5-6,9,11H,7-8H2,1-4H3/t11-/m0/s1. The highest BCUT2D eigenvalue weighted by Crippen LogP contribution is 2.42. The van der Waals surface area contributed by atoms with Gasteiger partial charge in [0.2, 0.25) is 0 Å². The first-order chi connectivity index (χ1) is 6.50. The van der Waals surface area contributed by atoms with Crippen molar-refractivity contribution in [3.05, 3.63) is 34.9 Å². The van der Waals surface area contributed by atoms with Crippen LogP contribution in [0.25, 0.3) is 0 Å². The summed E-state index contributed by atoms with van der Waals surface area (Å²) in [4.78, 5) is 0. The van der Waals surface area contributed by atoms with Crippen molar-refractivity contribution in [2.24, 2.45) is 0 Å². The Kier molecular flexibility index (Phi) is 2.17. The van der Waals surface area contributed by atoms with E-state index in [1.165, 1.54) is 18.4 Å². The average Bonchev–Trinajstić information content (AvgIpc) is 2.12. The van der Waals surface area contributed by atoms with E-state index in [4.69, 9.17) is 0 Å². The first-order valence-electron chi connectivity index (χ1n) is 5.62. The topological polar surface area (TPSA) is 0 Å². The van der Waals surface area contributed by atoms with Crippen molar-refractivity contribution in [1.29, 1.82) is 0 Å². The molecule has 2 rings (SSSR count). The highest BCUT2D eigenvalue weighted by molar-refractivity contribution is 5.40. The molecular formula is C14H20. The molecule has 0 unspecified atom stereocenters. The average molecular weight is 188 g/mol. The summed E-state index contributed by atoms with van der Waals surface area (Å²) < 4.78 is 0. The Bertz CT molecular complexity index is 347. The van der Waals surface area contributed by atoms with Crippen molar-refractivity contribution in [1.82, 2.24) is 0 Å². The minimum Gasteiger partial charge on any atom is -0.0590 e. The monoisotopic (exact) mass is 188 g/mol. The molecule has 0 fully saturated rings. The number of hydrogen-bond donors (Lipinski definition) is 0. The lowest BCUT2D eigenvalue weighted by Crippen LogP contribution is -2.25. The molecule has 0 amide bonds. The summed E-state index contributed by atoms with van der Waals surface area (Å²) in [5.41, 5.74) is 4.93. The van der Waals surface area contributed by atoms with Crippen LogP contribution < -0.4 is 0 Å². The summed E-state index contributed by atoms with van der Waals surface area (Å²) in [5.74, 6) is 0.749. The third-order valence-corrected chi connectivity index (χ3v) is 3.67. The SMILES string of the molecule is Cc1ccc2c(c1)C(C)(C)CC[C@@H]2C. The maximum absolute atomic E-state index is 2.38. The summed E-state index contributed by atoms with van der Waals surface area (Å²) >= 11 is 0. The van der Waals surface area contributed by atoms with Crippen molar-refractivity contribution < 1.29 is 0 Å². The second-order valence-electron chi connectivity index (χ2n) is 5.41. The van der Waals surface area contributed by atoms with Crippen molar-refractivity contribution in [2.45, 2.75) is 51.9 Å². The molecule has 0 heterocycles. The molecule has 0 spiro atoms. The number of hydrogen-bond acceptors (Lipinski definition) is 0. The van der Waals surface area contributed by atoms with Crippen LogP contribution in [0.2, 0.25) is 0 Å².